The van der Waals surface area contributed by atoms with Crippen LogP contribution in [0.25, 0.3) is 0 Å². The molecule has 1 heterocycles. The number of hydrogen-bond donors (Lipinski definition) is 1. The SMILES string of the molecule is C=C(C)CSc1ncccc1O. The third kappa shape index (κ3) is 2.58. The summed E-state index contributed by atoms with van der Waals surface area (Å²) < 4.78 is 0. The van der Waals surface area contributed by atoms with Crippen molar-refractivity contribution in [1.29, 1.82) is 0 Å². The Kier molecular flexibility index (Phi) is 3.17. The molecule has 0 fully saturated rings. The van der Waals surface area contributed by atoms with Crippen molar-refractivity contribution in [1.82, 2.24) is 4.98 Å². The van der Waals surface area contributed by atoms with Gasteiger partial charge in [-0.05, 0) is 19.1 Å². The Bertz CT molecular complexity index is 286. The lowest BCUT2D eigenvalue weighted by atomic mass is 10.4. The molecule has 0 amide bonds. The number of rotatable bonds is 3. The molecule has 0 saturated carbocycles. The molecule has 0 radical (unpaired) electrons. The van der Waals surface area contributed by atoms with Crippen LogP contribution >= 0.6 is 11.8 Å². The summed E-state index contributed by atoms with van der Waals surface area (Å²) in [7, 11) is 0. The minimum atomic E-state index is 0.240. The van der Waals surface area contributed by atoms with Gasteiger partial charge in [0.2, 0.25) is 0 Å². The molecule has 1 N–H and O–H groups in total. The lowest BCUT2D eigenvalue weighted by molar-refractivity contribution is 0.457. The van der Waals surface area contributed by atoms with Gasteiger partial charge in [-0.2, -0.15) is 0 Å². The molecule has 1 aromatic heterocycles. The van der Waals surface area contributed by atoms with E-state index in [0.717, 1.165) is 11.3 Å². The Labute approximate surface area is 76.3 Å². The van der Waals surface area contributed by atoms with Gasteiger partial charge in [-0.15, -0.1) is 0 Å². The van der Waals surface area contributed by atoms with Gasteiger partial charge in [-0.1, -0.05) is 23.9 Å². The standard InChI is InChI=1S/C9H11NOS/c1-7(2)6-12-9-8(11)4-3-5-10-9/h3-5,11H,1,6H2,2H3. The van der Waals surface area contributed by atoms with Gasteiger partial charge in [0.05, 0.1) is 0 Å². The van der Waals surface area contributed by atoms with Gasteiger partial charge in [0.1, 0.15) is 10.8 Å². The third-order valence-corrected chi connectivity index (χ3v) is 2.43. The molecular weight excluding hydrogens is 170 g/mol. The van der Waals surface area contributed by atoms with Crippen molar-refractivity contribution in [2.75, 3.05) is 5.75 Å². The van der Waals surface area contributed by atoms with E-state index in [1.807, 2.05) is 6.92 Å². The molecule has 2 nitrogen and oxygen atoms in total. The van der Waals surface area contributed by atoms with Gasteiger partial charge in [0.25, 0.3) is 0 Å². The number of hydrogen-bond acceptors (Lipinski definition) is 3. The van der Waals surface area contributed by atoms with Crippen LogP contribution in [0.15, 0.2) is 35.5 Å². The van der Waals surface area contributed by atoms with Gasteiger partial charge in [0.15, 0.2) is 0 Å². The molecule has 0 bridgehead atoms. The summed E-state index contributed by atoms with van der Waals surface area (Å²) in [5, 5.41) is 9.98. The van der Waals surface area contributed by atoms with E-state index < -0.39 is 0 Å². The second-order valence-corrected chi connectivity index (χ2v) is 3.54. The lowest BCUT2D eigenvalue weighted by Gasteiger charge is -2.01. The highest BCUT2D eigenvalue weighted by atomic mass is 32.2. The molecule has 0 aliphatic rings. The molecular formula is C9H11NOS. The van der Waals surface area contributed by atoms with Gasteiger partial charge in [-0.25, -0.2) is 4.98 Å². The molecule has 0 unspecified atom stereocenters. The van der Waals surface area contributed by atoms with Gasteiger partial charge in [-0.3, -0.25) is 0 Å². The molecule has 1 rings (SSSR count). The van der Waals surface area contributed by atoms with Crippen LogP contribution in [0.1, 0.15) is 6.92 Å². The van der Waals surface area contributed by atoms with E-state index in [1.165, 1.54) is 11.8 Å². The molecule has 0 aliphatic heterocycles. The fourth-order valence-corrected chi connectivity index (χ4v) is 1.42. The van der Waals surface area contributed by atoms with E-state index in [4.69, 9.17) is 0 Å². The summed E-state index contributed by atoms with van der Waals surface area (Å²) in [6.07, 6.45) is 1.67. The third-order valence-electron chi connectivity index (χ3n) is 1.21. The second-order valence-electron chi connectivity index (χ2n) is 2.57. The Balaban J connectivity index is 2.63. The van der Waals surface area contributed by atoms with E-state index in [1.54, 1.807) is 18.3 Å². The number of aromatic hydroxyl groups is 1. The fourth-order valence-electron chi connectivity index (χ4n) is 0.685. The largest absolute Gasteiger partial charge is 0.505 e. The minimum Gasteiger partial charge on any atom is -0.505 e. The van der Waals surface area contributed by atoms with Crippen molar-refractivity contribution in [3.05, 3.63) is 30.5 Å². The number of thioether (sulfide) groups is 1. The normalized spacial score (nSPS) is 9.75. The van der Waals surface area contributed by atoms with Crippen LogP contribution in [0.5, 0.6) is 5.75 Å². The lowest BCUT2D eigenvalue weighted by Crippen LogP contribution is -1.83. The van der Waals surface area contributed by atoms with Gasteiger partial charge < -0.3 is 5.11 Å². The number of nitrogens with zero attached hydrogens (tertiary/aromatic N) is 1. The van der Waals surface area contributed by atoms with Crippen LogP contribution in [0.2, 0.25) is 0 Å². The monoisotopic (exact) mass is 181 g/mol. The average Bonchev–Trinajstić information content (AvgIpc) is 2.03. The van der Waals surface area contributed by atoms with Gasteiger partial charge in [0, 0.05) is 11.9 Å². The average molecular weight is 181 g/mol. The highest BCUT2D eigenvalue weighted by Crippen LogP contribution is 2.25. The van der Waals surface area contributed by atoms with Crippen molar-refractivity contribution >= 4 is 11.8 Å². The Morgan fingerprint density at radius 3 is 3.08 bits per heavy atom. The van der Waals surface area contributed by atoms with E-state index in [0.29, 0.717) is 5.03 Å². The Hall–Kier alpha value is -0.960. The van der Waals surface area contributed by atoms with Crippen LogP contribution in [0.3, 0.4) is 0 Å². The first-order valence-electron chi connectivity index (χ1n) is 3.61. The highest BCUT2D eigenvalue weighted by molar-refractivity contribution is 7.99. The van der Waals surface area contributed by atoms with E-state index in [2.05, 4.69) is 11.6 Å². The zero-order valence-electron chi connectivity index (χ0n) is 6.95. The maximum atomic E-state index is 9.31. The van der Waals surface area contributed by atoms with Crippen molar-refractivity contribution in [2.24, 2.45) is 0 Å². The maximum absolute atomic E-state index is 9.31. The second kappa shape index (κ2) is 4.16. The van der Waals surface area contributed by atoms with Crippen LogP contribution in [0, 0.1) is 0 Å². The molecule has 0 saturated heterocycles. The molecule has 1 aromatic rings. The van der Waals surface area contributed by atoms with Crippen LogP contribution in [-0.4, -0.2) is 15.8 Å². The van der Waals surface area contributed by atoms with E-state index >= 15 is 0 Å². The smallest absolute Gasteiger partial charge is 0.147 e. The summed E-state index contributed by atoms with van der Waals surface area (Å²) in [5.74, 6) is 1.04. The van der Waals surface area contributed by atoms with Crippen LogP contribution < -0.4 is 0 Å². The number of aromatic nitrogens is 1. The first kappa shape index (κ1) is 9.13. The fraction of sp³-hybridized carbons (Fsp3) is 0.222. The van der Waals surface area contributed by atoms with E-state index in [-0.39, 0.29) is 5.75 Å². The predicted octanol–water partition coefficient (Wildman–Crippen LogP) is 2.46. The summed E-state index contributed by atoms with van der Waals surface area (Å²) >= 11 is 1.49. The zero-order valence-corrected chi connectivity index (χ0v) is 7.77. The Morgan fingerprint density at radius 2 is 2.50 bits per heavy atom. The Morgan fingerprint density at radius 1 is 1.75 bits per heavy atom. The minimum absolute atomic E-state index is 0.240. The first-order valence-corrected chi connectivity index (χ1v) is 4.60. The predicted molar refractivity (Wildman–Crippen MR) is 51.4 cm³/mol. The van der Waals surface area contributed by atoms with E-state index in [9.17, 15) is 5.11 Å². The summed E-state index contributed by atoms with van der Waals surface area (Å²) in [5.41, 5.74) is 1.07. The molecule has 0 aromatic carbocycles. The zero-order chi connectivity index (χ0) is 8.97. The van der Waals surface area contributed by atoms with Crippen molar-refractivity contribution in [3.8, 4) is 5.75 Å². The van der Waals surface area contributed by atoms with Crippen LogP contribution in [0.4, 0.5) is 0 Å². The summed E-state index contributed by atoms with van der Waals surface area (Å²) in [6.45, 7) is 5.72. The summed E-state index contributed by atoms with van der Waals surface area (Å²) in [6, 6.07) is 3.34. The van der Waals surface area contributed by atoms with Crippen molar-refractivity contribution in [2.45, 2.75) is 11.9 Å². The highest BCUT2D eigenvalue weighted by Gasteiger charge is 2.00. The van der Waals surface area contributed by atoms with Crippen molar-refractivity contribution < 1.29 is 5.11 Å². The molecule has 0 spiro atoms. The molecule has 12 heavy (non-hydrogen) atoms. The quantitative estimate of drug-likeness (QED) is 0.574. The summed E-state index contributed by atoms with van der Waals surface area (Å²) in [4.78, 5) is 4.02. The first-order chi connectivity index (χ1) is 5.70. The van der Waals surface area contributed by atoms with Gasteiger partial charge >= 0.3 is 0 Å². The number of pyridine rings is 1. The molecule has 3 heteroatoms. The topological polar surface area (TPSA) is 33.1 Å². The molecule has 64 valence electrons. The molecule has 0 aliphatic carbocycles. The van der Waals surface area contributed by atoms with Crippen LogP contribution in [-0.2, 0) is 0 Å². The molecule has 0 atom stereocenters. The maximum Gasteiger partial charge on any atom is 0.147 e. The van der Waals surface area contributed by atoms with Crippen molar-refractivity contribution in [3.63, 3.8) is 0 Å².